The number of aliphatic hydroxyl groups is 2. The summed E-state index contributed by atoms with van der Waals surface area (Å²) in [7, 11) is 0. The third kappa shape index (κ3) is 3.25. The summed E-state index contributed by atoms with van der Waals surface area (Å²) >= 11 is 0. The number of hydrogen-bond acceptors (Lipinski definition) is 4. The molecule has 1 fully saturated rings. The Morgan fingerprint density at radius 1 is 1.30 bits per heavy atom. The molecule has 3 N–H and O–H groups in total. The first-order valence-electron chi connectivity index (χ1n) is 8.92. The second-order valence-electron chi connectivity index (χ2n) is 7.32. The molecule has 1 saturated carbocycles. The van der Waals surface area contributed by atoms with Crippen molar-refractivity contribution in [3.63, 3.8) is 0 Å². The fraction of sp³-hybridized carbons (Fsp3) is 0.684. The van der Waals surface area contributed by atoms with Gasteiger partial charge in [-0.3, -0.25) is 0 Å². The maximum Gasteiger partial charge on any atom is 0.123 e. The topological polar surface area (TPSA) is 61.7 Å². The van der Waals surface area contributed by atoms with E-state index in [1.165, 1.54) is 18.4 Å². The van der Waals surface area contributed by atoms with Crippen molar-refractivity contribution in [2.45, 2.75) is 69.6 Å². The predicted octanol–water partition coefficient (Wildman–Crippen LogP) is 2.67. The van der Waals surface area contributed by atoms with E-state index in [2.05, 4.69) is 19.2 Å². The second kappa shape index (κ2) is 6.80. The highest BCUT2D eigenvalue weighted by Gasteiger charge is 2.52. The fourth-order valence-corrected chi connectivity index (χ4v) is 3.98. The molecule has 0 radical (unpaired) electrons. The van der Waals surface area contributed by atoms with Gasteiger partial charge in [0.15, 0.2) is 0 Å². The monoisotopic (exact) mass is 319 g/mol. The van der Waals surface area contributed by atoms with E-state index in [9.17, 15) is 10.2 Å². The van der Waals surface area contributed by atoms with Crippen LogP contribution in [0, 0.1) is 0 Å². The van der Waals surface area contributed by atoms with Gasteiger partial charge in [-0.1, -0.05) is 45.2 Å². The van der Waals surface area contributed by atoms with Crippen molar-refractivity contribution in [1.82, 2.24) is 5.32 Å². The molecule has 23 heavy (non-hydrogen) atoms. The minimum atomic E-state index is -0.650. The van der Waals surface area contributed by atoms with Crippen LogP contribution in [0.15, 0.2) is 18.2 Å². The summed E-state index contributed by atoms with van der Waals surface area (Å²) in [6.45, 7) is 4.92. The zero-order chi connectivity index (χ0) is 16.4. The maximum atomic E-state index is 11.0. The van der Waals surface area contributed by atoms with Crippen molar-refractivity contribution in [2.75, 3.05) is 13.2 Å². The van der Waals surface area contributed by atoms with E-state index in [1.54, 1.807) is 0 Å². The first kappa shape index (κ1) is 16.7. The molecule has 0 aliphatic heterocycles. The second-order valence-corrected chi connectivity index (χ2v) is 7.32. The van der Waals surface area contributed by atoms with Gasteiger partial charge in [0, 0.05) is 24.1 Å². The van der Waals surface area contributed by atoms with E-state index >= 15 is 0 Å². The number of ether oxygens (including phenoxy) is 1. The van der Waals surface area contributed by atoms with Crippen molar-refractivity contribution in [2.24, 2.45) is 0 Å². The fourth-order valence-electron chi connectivity index (χ4n) is 3.98. The van der Waals surface area contributed by atoms with Gasteiger partial charge in [-0.15, -0.1) is 0 Å². The van der Waals surface area contributed by atoms with Crippen LogP contribution in [0.25, 0.3) is 0 Å². The Bertz CT molecular complexity index is 545. The molecule has 2 aliphatic rings. The third-order valence-corrected chi connectivity index (χ3v) is 5.20. The van der Waals surface area contributed by atoms with Gasteiger partial charge in [-0.05, 0) is 24.5 Å². The third-order valence-electron chi connectivity index (χ3n) is 5.20. The number of rotatable bonds is 6. The summed E-state index contributed by atoms with van der Waals surface area (Å²) in [6.07, 6.45) is 4.82. The van der Waals surface area contributed by atoms with Crippen LogP contribution in [-0.2, 0) is 5.60 Å². The standard InChI is InChI=1S/C19H29NO3/c1-13(2)20-11-14(21)12-23-17-9-6-8-16-18(17)15-7-4-3-5-10-19(15,16)22/h6,8-9,13-15,20-22H,3-5,7,10-12H2,1-2H3/t14?,15-,19+/m0/s1. The Kier molecular flexibility index (Phi) is 4.95. The van der Waals surface area contributed by atoms with Gasteiger partial charge in [0.05, 0.1) is 5.60 Å². The Morgan fingerprint density at radius 3 is 2.91 bits per heavy atom. The van der Waals surface area contributed by atoms with Crippen molar-refractivity contribution in [3.05, 3.63) is 29.3 Å². The van der Waals surface area contributed by atoms with Crippen LogP contribution in [-0.4, -0.2) is 35.5 Å². The van der Waals surface area contributed by atoms with E-state index < -0.39 is 11.7 Å². The molecule has 0 bridgehead atoms. The molecule has 1 aromatic rings. The Balaban J connectivity index is 1.69. The molecular weight excluding hydrogens is 290 g/mol. The molecule has 3 rings (SSSR count). The molecule has 128 valence electrons. The molecule has 4 nitrogen and oxygen atoms in total. The first-order chi connectivity index (χ1) is 11.0. The van der Waals surface area contributed by atoms with Crippen molar-refractivity contribution < 1.29 is 14.9 Å². The van der Waals surface area contributed by atoms with Gasteiger partial charge in [-0.25, -0.2) is 0 Å². The van der Waals surface area contributed by atoms with Gasteiger partial charge in [-0.2, -0.15) is 0 Å². The van der Waals surface area contributed by atoms with E-state index in [0.29, 0.717) is 12.6 Å². The molecule has 0 spiro atoms. The summed E-state index contributed by atoms with van der Waals surface area (Å²) in [5, 5.41) is 24.2. The van der Waals surface area contributed by atoms with Crippen molar-refractivity contribution >= 4 is 0 Å². The SMILES string of the molecule is CC(C)NCC(O)COc1cccc2c1[C@@H]1CCCCC[C@]21O. The summed E-state index contributed by atoms with van der Waals surface area (Å²) in [5.41, 5.74) is 1.56. The molecule has 0 amide bonds. The largest absolute Gasteiger partial charge is 0.491 e. The quantitative estimate of drug-likeness (QED) is 0.754. The molecule has 0 heterocycles. The highest BCUT2D eigenvalue weighted by molar-refractivity contribution is 5.55. The van der Waals surface area contributed by atoms with Gasteiger partial charge in [0.1, 0.15) is 18.5 Å². The van der Waals surface area contributed by atoms with Gasteiger partial charge < -0.3 is 20.3 Å². The summed E-state index contributed by atoms with van der Waals surface area (Å²) in [6, 6.07) is 6.29. The van der Waals surface area contributed by atoms with Crippen LogP contribution in [0.1, 0.15) is 63.0 Å². The van der Waals surface area contributed by atoms with Crippen LogP contribution >= 0.6 is 0 Å². The lowest BCUT2D eigenvalue weighted by Crippen LogP contribution is -2.43. The van der Waals surface area contributed by atoms with Crippen LogP contribution < -0.4 is 10.1 Å². The maximum absolute atomic E-state index is 11.0. The summed E-state index contributed by atoms with van der Waals surface area (Å²) < 4.78 is 5.90. The smallest absolute Gasteiger partial charge is 0.123 e. The lowest BCUT2D eigenvalue weighted by molar-refractivity contribution is -0.0291. The molecule has 1 aromatic carbocycles. The van der Waals surface area contributed by atoms with Crippen LogP contribution in [0.5, 0.6) is 5.75 Å². The highest BCUT2D eigenvalue weighted by atomic mass is 16.5. The summed E-state index contributed by atoms with van der Waals surface area (Å²) in [5.74, 6) is 1.03. The zero-order valence-electron chi connectivity index (χ0n) is 14.2. The first-order valence-corrected chi connectivity index (χ1v) is 8.92. The zero-order valence-corrected chi connectivity index (χ0v) is 14.2. The van der Waals surface area contributed by atoms with E-state index in [-0.39, 0.29) is 12.5 Å². The Hall–Kier alpha value is -1.10. The normalized spacial score (nSPS) is 27.6. The Labute approximate surface area is 138 Å². The average Bonchev–Trinajstić information content (AvgIpc) is 2.69. The molecule has 0 aromatic heterocycles. The van der Waals surface area contributed by atoms with Crippen molar-refractivity contribution in [1.29, 1.82) is 0 Å². The highest BCUT2D eigenvalue weighted by Crippen LogP contribution is 2.59. The van der Waals surface area contributed by atoms with Crippen LogP contribution in [0.2, 0.25) is 0 Å². The minimum absolute atomic E-state index is 0.196. The molecule has 2 aliphatic carbocycles. The number of nitrogens with one attached hydrogen (secondary N) is 1. The van der Waals surface area contributed by atoms with E-state index in [0.717, 1.165) is 30.6 Å². The number of aliphatic hydroxyl groups excluding tert-OH is 1. The van der Waals surface area contributed by atoms with Crippen LogP contribution in [0.4, 0.5) is 0 Å². The number of fused-ring (bicyclic) bond motifs is 4. The molecular formula is C19H29NO3. The summed E-state index contributed by atoms with van der Waals surface area (Å²) in [4.78, 5) is 0. The lowest BCUT2D eigenvalue weighted by atomic mass is 9.61. The Morgan fingerprint density at radius 2 is 2.13 bits per heavy atom. The van der Waals surface area contributed by atoms with E-state index in [4.69, 9.17) is 4.74 Å². The molecule has 3 atom stereocenters. The molecule has 0 saturated heterocycles. The van der Waals surface area contributed by atoms with Gasteiger partial charge in [0.2, 0.25) is 0 Å². The number of benzene rings is 1. The van der Waals surface area contributed by atoms with Crippen molar-refractivity contribution in [3.8, 4) is 5.75 Å². The molecule has 1 unspecified atom stereocenters. The minimum Gasteiger partial charge on any atom is -0.491 e. The van der Waals surface area contributed by atoms with Crippen LogP contribution in [0.3, 0.4) is 0 Å². The lowest BCUT2D eigenvalue weighted by Gasteiger charge is -2.47. The number of hydrogen-bond donors (Lipinski definition) is 3. The van der Waals surface area contributed by atoms with E-state index in [1.807, 2.05) is 18.2 Å². The molecule has 4 heteroatoms. The predicted molar refractivity (Wildman–Crippen MR) is 90.8 cm³/mol. The van der Waals surface area contributed by atoms with Gasteiger partial charge in [0.25, 0.3) is 0 Å². The average molecular weight is 319 g/mol. The van der Waals surface area contributed by atoms with Gasteiger partial charge >= 0.3 is 0 Å².